The molecule has 1 atom stereocenters. The van der Waals surface area contributed by atoms with Gasteiger partial charge < -0.3 is 10.0 Å². The van der Waals surface area contributed by atoms with E-state index in [1.807, 2.05) is 32.8 Å². The van der Waals surface area contributed by atoms with E-state index < -0.39 is 10.0 Å². The highest BCUT2D eigenvalue weighted by Gasteiger charge is 2.30. The maximum Gasteiger partial charge on any atom is 0.244 e. The van der Waals surface area contributed by atoms with Gasteiger partial charge in [-0.05, 0) is 34.0 Å². The molecule has 1 N–H and O–H groups in total. The summed E-state index contributed by atoms with van der Waals surface area (Å²) in [5.74, 6) is 0. The monoisotopic (exact) mass is 320 g/mol. The Labute approximate surface area is 125 Å². The third-order valence-electron chi connectivity index (χ3n) is 3.10. The molecular formula is C13H24N2O3S2. The smallest absolute Gasteiger partial charge is 0.244 e. The van der Waals surface area contributed by atoms with E-state index in [4.69, 9.17) is 5.11 Å². The molecule has 1 aromatic rings. The predicted molar refractivity (Wildman–Crippen MR) is 82.6 cm³/mol. The molecule has 0 amide bonds. The van der Waals surface area contributed by atoms with Gasteiger partial charge in [0.05, 0.1) is 11.5 Å². The van der Waals surface area contributed by atoms with Gasteiger partial charge in [-0.1, -0.05) is 6.92 Å². The Bertz CT molecular complexity index is 538. The van der Waals surface area contributed by atoms with E-state index in [9.17, 15) is 8.42 Å². The Morgan fingerprint density at radius 1 is 1.40 bits per heavy atom. The maximum absolute atomic E-state index is 12.8. The fraction of sp³-hybridized carbons (Fsp3) is 0.692. The minimum Gasteiger partial charge on any atom is -0.391 e. The van der Waals surface area contributed by atoms with Crippen molar-refractivity contribution in [1.82, 2.24) is 9.21 Å². The zero-order valence-corrected chi connectivity index (χ0v) is 14.4. The number of hydrogen-bond acceptors (Lipinski definition) is 5. The summed E-state index contributed by atoms with van der Waals surface area (Å²) < 4.78 is 27.1. The second-order valence-electron chi connectivity index (χ2n) is 5.11. The van der Waals surface area contributed by atoms with Crippen LogP contribution in [0, 0.1) is 6.92 Å². The van der Waals surface area contributed by atoms with Gasteiger partial charge in [-0.25, -0.2) is 8.42 Å². The molecule has 0 radical (unpaired) electrons. The van der Waals surface area contributed by atoms with E-state index in [-0.39, 0.29) is 12.6 Å². The van der Waals surface area contributed by atoms with Crippen molar-refractivity contribution in [1.29, 1.82) is 0 Å². The Morgan fingerprint density at radius 3 is 2.40 bits per heavy atom. The first-order valence-electron chi connectivity index (χ1n) is 6.60. The molecule has 0 aromatic carbocycles. The number of aliphatic hydroxyl groups excluding tert-OH is 1. The summed E-state index contributed by atoms with van der Waals surface area (Å²) in [6.45, 7) is 6.51. The fourth-order valence-electron chi connectivity index (χ4n) is 2.32. The molecule has 0 spiro atoms. The van der Waals surface area contributed by atoms with Gasteiger partial charge in [0.2, 0.25) is 10.0 Å². The van der Waals surface area contributed by atoms with Crippen LogP contribution in [0.1, 0.15) is 23.6 Å². The third-order valence-corrected chi connectivity index (χ3v) is 6.48. The lowest BCUT2D eigenvalue weighted by Gasteiger charge is -2.29. The number of rotatable bonds is 7. The molecule has 1 aromatic heterocycles. The highest BCUT2D eigenvalue weighted by Crippen LogP contribution is 2.29. The molecule has 116 valence electrons. The SMILES string of the molecule is CCN(C(C)CN(C)C)S(=O)(=O)c1cc(CO)sc1C. The number of aryl methyl sites for hydroxylation is 1. The van der Waals surface area contributed by atoms with E-state index in [1.165, 1.54) is 15.6 Å². The average Bonchev–Trinajstić information content (AvgIpc) is 2.70. The minimum atomic E-state index is -3.51. The van der Waals surface area contributed by atoms with Gasteiger partial charge in [0.25, 0.3) is 0 Å². The van der Waals surface area contributed by atoms with Crippen molar-refractivity contribution in [3.8, 4) is 0 Å². The van der Waals surface area contributed by atoms with Crippen LogP contribution in [0.3, 0.4) is 0 Å². The summed E-state index contributed by atoms with van der Waals surface area (Å²) in [5, 5.41) is 9.16. The summed E-state index contributed by atoms with van der Waals surface area (Å²) in [7, 11) is 0.345. The standard InChI is InChI=1S/C13H24N2O3S2/c1-6-15(10(2)8-14(4)5)20(17,18)13-7-12(9-16)19-11(13)3/h7,10,16H,6,8-9H2,1-5H3. The van der Waals surface area contributed by atoms with Gasteiger partial charge in [-0.2, -0.15) is 4.31 Å². The lowest BCUT2D eigenvalue weighted by molar-refractivity contribution is 0.271. The van der Waals surface area contributed by atoms with Crippen LogP contribution < -0.4 is 0 Å². The number of hydrogen-bond donors (Lipinski definition) is 1. The molecule has 1 heterocycles. The molecular weight excluding hydrogens is 296 g/mol. The van der Waals surface area contributed by atoms with Crippen molar-refractivity contribution in [2.75, 3.05) is 27.2 Å². The molecule has 20 heavy (non-hydrogen) atoms. The van der Waals surface area contributed by atoms with E-state index in [1.54, 1.807) is 13.0 Å². The predicted octanol–water partition coefficient (Wildman–Crippen LogP) is 1.51. The summed E-state index contributed by atoms with van der Waals surface area (Å²) in [6.07, 6.45) is 0. The highest BCUT2D eigenvalue weighted by atomic mass is 32.2. The Hall–Kier alpha value is -0.470. The lowest BCUT2D eigenvalue weighted by atomic mass is 10.3. The van der Waals surface area contributed by atoms with Crippen LogP contribution in [0.2, 0.25) is 0 Å². The molecule has 0 bridgehead atoms. The van der Waals surface area contributed by atoms with E-state index in [0.717, 1.165) is 4.88 Å². The molecule has 0 aliphatic rings. The van der Waals surface area contributed by atoms with Crippen molar-refractivity contribution in [2.24, 2.45) is 0 Å². The molecule has 0 aliphatic carbocycles. The number of aliphatic hydroxyl groups is 1. The zero-order valence-electron chi connectivity index (χ0n) is 12.8. The van der Waals surface area contributed by atoms with Crippen LogP contribution in [0.25, 0.3) is 0 Å². The summed E-state index contributed by atoms with van der Waals surface area (Å²) in [4.78, 5) is 3.70. The van der Waals surface area contributed by atoms with Crippen molar-refractivity contribution in [2.45, 2.75) is 38.3 Å². The quantitative estimate of drug-likeness (QED) is 0.827. The van der Waals surface area contributed by atoms with Crippen LogP contribution in [0.4, 0.5) is 0 Å². The van der Waals surface area contributed by atoms with Crippen molar-refractivity contribution < 1.29 is 13.5 Å². The summed E-state index contributed by atoms with van der Waals surface area (Å²) in [6, 6.07) is 1.48. The van der Waals surface area contributed by atoms with Crippen LogP contribution in [-0.2, 0) is 16.6 Å². The van der Waals surface area contributed by atoms with E-state index in [2.05, 4.69) is 0 Å². The first-order valence-corrected chi connectivity index (χ1v) is 8.86. The van der Waals surface area contributed by atoms with Gasteiger partial charge in [0.15, 0.2) is 0 Å². The second kappa shape index (κ2) is 7.00. The van der Waals surface area contributed by atoms with Gasteiger partial charge >= 0.3 is 0 Å². The number of thiophene rings is 1. The van der Waals surface area contributed by atoms with E-state index in [0.29, 0.717) is 22.9 Å². The lowest BCUT2D eigenvalue weighted by Crippen LogP contribution is -2.43. The summed E-state index contributed by atoms with van der Waals surface area (Å²) in [5.41, 5.74) is 0. The topological polar surface area (TPSA) is 60.9 Å². The number of likely N-dealkylation sites (N-methyl/N-ethyl adjacent to an activating group) is 2. The molecule has 0 saturated carbocycles. The largest absolute Gasteiger partial charge is 0.391 e. The highest BCUT2D eigenvalue weighted by molar-refractivity contribution is 7.89. The van der Waals surface area contributed by atoms with Crippen molar-refractivity contribution in [3.63, 3.8) is 0 Å². The number of nitrogens with zero attached hydrogens (tertiary/aromatic N) is 2. The first-order chi connectivity index (χ1) is 9.23. The Balaban J connectivity index is 3.14. The van der Waals surface area contributed by atoms with Crippen LogP contribution in [0.5, 0.6) is 0 Å². The molecule has 0 fully saturated rings. The maximum atomic E-state index is 12.8. The van der Waals surface area contributed by atoms with Gasteiger partial charge in [-0.3, -0.25) is 0 Å². The van der Waals surface area contributed by atoms with Gasteiger partial charge in [-0.15, -0.1) is 11.3 Å². The zero-order chi connectivity index (χ0) is 15.5. The minimum absolute atomic E-state index is 0.100. The molecule has 5 nitrogen and oxygen atoms in total. The molecule has 0 saturated heterocycles. The van der Waals surface area contributed by atoms with Crippen molar-refractivity contribution in [3.05, 3.63) is 15.8 Å². The fourth-order valence-corrected chi connectivity index (χ4v) is 5.42. The van der Waals surface area contributed by atoms with Gasteiger partial charge in [0.1, 0.15) is 0 Å². The van der Waals surface area contributed by atoms with Crippen LogP contribution >= 0.6 is 11.3 Å². The Kier molecular flexibility index (Phi) is 6.15. The van der Waals surface area contributed by atoms with Crippen LogP contribution in [-0.4, -0.2) is 56.0 Å². The Morgan fingerprint density at radius 2 is 2.00 bits per heavy atom. The van der Waals surface area contributed by atoms with E-state index >= 15 is 0 Å². The average molecular weight is 320 g/mol. The molecule has 7 heteroatoms. The molecule has 1 unspecified atom stereocenters. The summed E-state index contributed by atoms with van der Waals surface area (Å²) >= 11 is 1.33. The normalized spacial score (nSPS) is 14.2. The second-order valence-corrected chi connectivity index (χ2v) is 8.31. The first kappa shape index (κ1) is 17.6. The third kappa shape index (κ3) is 3.79. The molecule has 1 rings (SSSR count). The van der Waals surface area contributed by atoms with Crippen LogP contribution in [0.15, 0.2) is 11.0 Å². The van der Waals surface area contributed by atoms with Gasteiger partial charge in [0, 0.05) is 28.9 Å². The number of sulfonamides is 1. The molecule has 0 aliphatic heterocycles. The van der Waals surface area contributed by atoms with Crippen molar-refractivity contribution >= 4 is 21.4 Å².